The van der Waals surface area contributed by atoms with Crippen LogP contribution >= 0.6 is 0 Å². The fourth-order valence-corrected chi connectivity index (χ4v) is 31.7. The summed E-state index contributed by atoms with van der Waals surface area (Å²) in [6.07, 6.45) is 0. The van der Waals surface area contributed by atoms with E-state index in [2.05, 4.69) is 83.1 Å². The summed E-state index contributed by atoms with van der Waals surface area (Å²) in [6.45, 7) is 31.5. The monoisotopic (exact) mass is 448 g/mol. The minimum absolute atomic E-state index is 0.0105. The van der Waals surface area contributed by atoms with Gasteiger partial charge in [0.25, 0.3) is 0 Å². The van der Waals surface area contributed by atoms with Gasteiger partial charge in [-0.25, -0.2) is 0 Å². The largest absolute Gasteiger partial charge is 0.0631 e. The number of hydrogen-bond donors (Lipinski definition) is 0. The molecule has 6 aliphatic carbocycles. The minimum atomic E-state index is -0.0280. The van der Waals surface area contributed by atoms with Crippen molar-refractivity contribution in [3.63, 3.8) is 0 Å². The van der Waals surface area contributed by atoms with E-state index in [1.54, 1.807) is 0 Å². The normalized spacial score (nSPS) is 54.4. The molecule has 4 heteroatoms. The van der Waals surface area contributed by atoms with E-state index in [-0.39, 0.29) is 38.1 Å². The highest BCUT2D eigenvalue weighted by atomic mass is 28.2. The molecule has 0 aromatic rings. The summed E-state index contributed by atoms with van der Waals surface area (Å²) >= 11 is 0. The van der Waals surface area contributed by atoms with Crippen LogP contribution in [0.1, 0.15) is 83.1 Å². The Morgan fingerprint density at radius 2 is 0.679 bits per heavy atom. The predicted octanol–water partition coefficient (Wildman–Crippen LogP) is 4.70. The topological polar surface area (TPSA) is 0 Å². The highest BCUT2D eigenvalue weighted by molar-refractivity contribution is 6.69. The summed E-state index contributed by atoms with van der Waals surface area (Å²) < 4.78 is 0. The third kappa shape index (κ3) is 1.80. The Morgan fingerprint density at radius 1 is 0.429 bits per heavy atom. The molecule has 0 heterocycles. The molecule has 28 heavy (non-hydrogen) atoms. The Bertz CT molecular complexity index is 683. The van der Waals surface area contributed by atoms with Crippen LogP contribution in [0.4, 0.5) is 0 Å². The van der Waals surface area contributed by atoms with Gasteiger partial charge < -0.3 is 0 Å². The fourth-order valence-electron chi connectivity index (χ4n) is 11.8. The highest BCUT2D eigenvalue weighted by Crippen LogP contribution is 3.30. The molecule has 0 radical (unpaired) electrons. The van der Waals surface area contributed by atoms with Crippen LogP contribution in [0.5, 0.6) is 0 Å². The molecule has 0 saturated heterocycles. The zero-order valence-electron chi connectivity index (χ0n) is 21.1. The van der Waals surface area contributed by atoms with Crippen molar-refractivity contribution in [2.75, 3.05) is 0 Å². The number of rotatable bonds is 4. The number of hydrogen-bond acceptors (Lipinski definition) is 0. The van der Waals surface area contributed by atoms with Gasteiger partial charge in [-0.15, -0.1) is 0 Å². The molecule has 0 amide bonds. The predicted molar refractivity (Wildman–Crippen MR) is 138 cm³/mol. The van der Waals surface area contributed by atoms with E-state index >= 15 is 0 Å². The van der Waals surface area contributed by atoms with Gasteiger partial charge in [-0.05, 0) is 64.0 Å². The molecule has 6 fully saturated rings. The second kappa shape index (κ2) is 4.78. The van der Waals surface area contributed by atoms with Crippen molar-refractivity contribution in [1.29, 1.82) is 0 Å². The van der Waals surface area contributed by atoms with Gasteiger partial charge >= 0.3 is 0 Å². The Morgan fingerprint density at radius 3 is 0.893 bits per heavy atom. The van der Waals surface area contributed by atoms with Gasteiger partial charge in [-0.3, -0.25) is 0 Å². The Labute approximate surface area is 184 Å². The van der Waals surface area contributed by atoms with Gasteiger partial charge in [-0.1, -0.05) is 83.1 Å². The van der Waals surface area contributed by atoms with Crippen LogP contribution in [-0.4, -0.2) is 38.1 Å². The SMILES string of the molecule is CC(C)(C)[SiH2]C12C3C4C1C1([SiH2]C(C)(C)C)C4([SiH2]C(C)(C)C)C3C21[SiH2]C(C)(C)C. The summed E-state index contributed by atoms with van der Waals surface area (Å²) in [5.41, 5.74) is 0. The van der Waals surface area contributed by atoms with Crippen LogP contribution in [0, 0.1) is 23.7 Å². The zero-order chi connectivity index (χ0) is 21.1. The molecule has 0 aromatic carbocycles. The van der Waals surface area contributed by atoms with Crippen molar-refractivity contribution < 1.29 is 0 Å². The third-order valence-corrected chi connectivity index (χ3v) is 24.8. The summed E-state index contributed by atoms with van der Waals surface area (Å²) in [4.78, 5) is 0. The maximum atomic E-state index is 2.63. The van der Waals surface area contributed by atoms with Crippen molar-refractivity contribution >= 4 is 38.1 Å². The molecule has 0 aliphatic heterocycles. The second-order valence-corrected chi connectivity index (χ2v) is 31.5. The first-order valence-corrected chi connectivity index (χ1v) is 18.0. The van der Waals surface area contributed by atoms with Crippen molar-refractivity contribution in [3.05, 3.63) is 0 Å². The molecule has 0 N–H and O–H groups in total. The third-order valence-electron chi connectivity index (χ3n) is 10.2. The first kappa shape index (κ1) is 20.8. The molecule has 0 bridgehead atoms. The molecule has 0 nitrogen and oxygen atoms in total. The van der Waals surface area contributed by atoms with Crippen LogP contribution in [0.15, 0.2) is 0 Å². The van der Waals surface area contributed by atoms with E-state index in [1.807, 2.05) is 0 Å². The van der Waals surface area contributed by atoms with Gasteiger partial charge in [0.2, 0.25) is 0 Å². The standard InChI is InChI=1S/C24H48Si4/c1-17(2,3)25-21-13-14-15(21)24(28-20(10,11)12)22(14,26-18(4,5)6)16(13)23(21,24)27-19(7,8)9/h13-16H,25-28H2,1-12H3. The quantitative estimate of drug-likeness (QED) is 0.547. The van der Waals surface area contributed by atoms with Crippen LogP contribution in [-0.2, 0) is 0 Å². The fraction of sp³-hybridized carbons (Fsp3) is 1.00. The van der Waals surface area contributed by atoms with Gasteiger partial charge in [0, 0.05) is 38.1 Å². The molecule has 8 atom stereocenters. The van der Waals surface area contributed by atoms with Gasteiger partial charge in [-0.2, -0.15) is 0 Å². The van der Waals surface area contributed by atoms with E-state index < -0.39 is 0 Å². The van der Waals surface area contributed by atoms with E-state index in [0.29, 0.717) is 20.2 Å². The molecule has 6 saturated carbocycles. The van der Waals surface area contributed by atoms with Crippen molar-refractivity contribution in [1.82, 2.24) is 0 Å². The van der Waals surface area contributed by atoms with Crippen LogP contribution in [0.2, 0.25) is 40.3 Å². The smallest absolute Gasteiger partial charge is 0.0341 e. The van der Waals surface area contributed by atoms with E-state index in [4.69, 9.17) is 0 Å². The molecule has 0 spiro atoms. The lowest BCUT2D eigenvalue weighted by molar-refractivity contribution is -0.521. The summed E-state index contributed by atoms with van der Waals surface area (Å²) in [6, 6.07) is 0. The average molecular weight is 449 g/mol. The highest BCUT2D eigenvalue weighted by Gasteiger charge is 3.18. The molecule has 8 unspecified atom stereocenters. The lowest BCUT2D eigenvalue weighted by Gasteiger charge is -3.22. The second-order valence-electron chi connectivity index (χ2n) is 17.0. The van der Waals surface area contributed by atoms with Crippen LogP contribution in [0.25, 0.3) is 0 Å². The average Bonchev–Trinajstić information content (AvgIpc) is 2.36. The molecular formula is C24H48Si4. The van der Waals surface area contributed by atoms with Gasteiger partial charge in [0.15, 0.2) is 0 Å². The van der Waals surface area contributed by atoms with Gasteiger partial charge in [0.05, 0.1) is 0 Å². The zero-order valence-corrected chi connectivity index (χ0v) is 26.8. The van der Waals surface area contributed by atoms with Gasteiger partial charge in [0.1, 0.15) is 0 Å². The van der Waals surface area contributed by atoms with Crippen LogP contribution < -0.4 is 0 Å². The Hall–Kier alpha value is 0.868. The lowest BCUT2D eigenvalue weighted by Crippen LogP contribution is -3.11. The van der Waals surface area contributed by atoms with Crippen LogP contribution in [0.3, 0.4) is 0 Å². The summed E-state index contributed by atoms with van der Waals surface area (Å²) in [7, 11) is -0.0351. The maximum absolute atomic E-state index is 2.63. The summed E-state index contributed by atoms with van der Waals surface area (Å²) in [5.74, 6) is 5.08. The Balaban J connectivity index is 1.61. The van der Waals surface area contributed by atoms with E-state index in [1.165, 1.54) is 23.7 Å². The van der Waals surface area contributed by atoms with Crippen molar-refractivity contribution in [3.8, 4) is 0 Å². The van der Waals surface area contributed by atoms with Crippen molar-refractivity contribution in [2.45, 2.75) is 123 Å². The summed E-state index contributed by atoms with van der Waals surface area (Å²) in [5, 5.41) is 6.60. The first-order chi connectivity index (χ1) is 12.3. The molecular weight excluding hydrogens is 401 g/mol. The first-order valence-electron chi connectivity index (χ1n) is 12.3. The molecule has 0 aromatic heterocycles. The lowest BCUT2D eigenvalue weighted by atomic mass is 8.99. The maximum Gasteiger partial charge on any atom is 0.0341 e. The van der Waals surface area contributed by atoms with E-state index in [0.717, 1.165) is 20.2 Å². The Kier molecular flexibility index (Phi) is 3.54. The molecule has 6 rings (SSSR count). The van der Waals surface area contributed by atoms with E-state index in [9.17, 15) is 0 Å². The molecule has 160 valence electrons. The minimum Gasteiger partial charge on any atom is -0.0631 e. The van der Waals surface area contributed by atoms with Crippen molar-refractivity contribution in [2.24, 2.45) is 23.7 Å². The molecule has 6 aliphatic rings.